The highest BCUT2D eigenvalue weighted by Gasteiger charge is 2.29. The topological polar surface area (TPSA) is 86.8 Å². The van der Waals surface area contributed by atoms with Crippen molar-refractivity contribution in [1.82, 2.24) is 0 Å². The number of aryl methyl sites for hydroxylation is 1. The Balaban J connectivity index is 1.76. The predicted octanol–water partition coefficient (Wildman–Crippen LogP) is 2.92. The van der Waals surface area contributed by atoms with Gasteiger partial charge in [-0.2, -0.15) is 0 Å². The summed E-state index contributed by atoms with van der Waals surface area (Å²) < 4.78 is 25.8. The van der Waals surface area contributed by atoms with Crippen LogP contribution in [0.3, 0.4) is 0 Å². The summed E-state index contributed by atoms with van der Waals surface area (Å²) in [6.07, 6.45) is 2.48. The maximum atomic E-state index is 12.8. The first-order valence-corrected chi connectivity index (χ1v) is 11.3. The van der Waals surface area contributed by atoms with Crippen molar-refractivity contribution >= 4 is 38.9 Å². The first-order valence-electron chi connectivity index (χ1n) is 9.44. The lowest BCUT2D eigenvalue weighted by Crippen LogP contribution is -2.45. The van der Waals surface area contributed by atoms with Crippen LogP contribution in [0, 0.1) is 6.92 Å². The zero-order valence-electron chi connectivity index (χ0n) is 16.8. The highest BCUT2D eigenvalue weighted by molar-refractivity contribution is 7.92. The van der Waals surface area contributed by atoms with Gasteiger partial charge in [-0.1, -0.05) is 17.7 Å². The largest absolute Gasteiger partial charge is 0.324 e. The maximum absolute atomic E-state index is 12.8. The molecule has 1 N–H and O–H groups in total. The molecule has 0 bridgehead atoms. The summed E-state index contributed by atoms with van der Waals surface area (Å²) in [7, 11) is -3.66. The van der Waals surface area contributed by atoms with Crippen molar-refractivity contribution in [1.29, 1.82) is 0 Å². The van der Waals surface area contributed by atoms with Crippen LogP contribution in [0.25, 0.3) is 0 Å². The Labute approximate surface area is 171 Å². The van der Waals surface area contributed by atoms with Crippen LogP contribution in [0.15, 0.2) is 48.5 Å². The summed E-state index contributed by atoms with van der Waals surface area (Å²) in [6, 6.07) is 13.0. The number of sulfonamides is 1. The van der Waals surface area contributed by atoms with Gasteiger partial charge in [-0.25, -0.2) is 8.42 Å². The zero-order valence-corrected chi connectivity index (χ0v) is 17.6. The van der Waals surface area contributed by atoms with Crippen molar-refractivity contribution in [3.05, 3.63) is 54.1 Å². The van der Waals surface area contributed by atoms with Gasteiger partial charge in [0.15, 0.2) is 0 Å². The van der Waals surface area contributed by atoms with Crippen molar-refractivity contribution in [2.45, 2.75) is 32.7 Å². The molecule has 1 fully saturated rings. The van der Waals surface area contributed by atoms with Gasteiger partial charge in [0, 0.05) is 24.3 Å². The van der Waals surface area contributed by atoms with Gasteiger partial charge >= 0.3 is 0 Å². The molecule has 0 radical (unpaired) electrons. The van der Waals surface area contributed by atoms with Gasteiger partial charge < -0.3 is 10.2 Å². The van der Waals surface area contributed by atoms with Crippen LogP contribution in [0.1, 0.15) is 25.3 Å². The van der Waals surface area contributed by atoms with Gasteiger partial charge in [0.05, 0.1) is 11.9 Å². The van der Waals surface area contributed by atoms with Crippen molar-refractivity contribution in [3.8, 4) is 0 Å². The molecule has 2 aromatic carbocycles. The molecule has 1 unspecified atom stereocenters. The van der Waals surface area contributed by atoms with Crippen molar-refractivity contribution < 1.29 is 18.0 Å². The number of nitrogens with zero attached hydrogens (tertiary/aromatic N) is 2. The molecular weight excluding hydrogens is 390 g/mol. The van der Waals surface area contributed by atoms with E-state index in [1.165, 1.54) is 0 Å². The molecule has 1 aliphatic rings. The monoisotopic (exact) mass is 415 g/mol. The van der Waals surface area contributed by atoms with Crippen LogP contribution < -0.4 is 14.5 Å². The Morgan fingerprint density at radius 3 is 2.24 bits per heavy atom. The highest BCUT2D eigenvalue weighted by Crippen LogP contribution is 2.25. The van der Waals surface area contributed by atoms with Crippen molar-refractivity contribution in [2.75, 3.05) is 27.3 Å². The molecule has 29 heavy (non-hydrogen) atoms. The molecule has 1 saturated heterocycles. The van der Waals surface area contributed by atoms with E-state index >= 15 is 0 Å². The molecule has 7 nitrogen and oxygen atoms in total. The minimum absolute atomic E-state index is 0.0947. The molecule has 0 saturated carbocycles. The van der Waals surface area contributed by atoms with E-state index in [9.17, 15) is 18.0 Å². The van der Waals surface area contributed by atoms with Crippen molar-refractivity contribution in [3.63, 3.8) is 0 Å². The van der Waals surface area contributed by atoms with Gasteiger partial charge in [0.25, 0.3) is 0 Å². The molecule has 3 rings (SSSR count). The number of amides is 2. The molecule has 0 spiro atoms. The molecule has 1 aliphatic heterocycles. The summed E-state index contributed by atoms with van der Waals surface area (Å²) in [6.45, 7) is 4.15. The summed E-state index contributed by atoms with van der Waals surface area (Å²) in [5.74, 6) is -0.349. The first-order chi connectivity index (χ1) is 13.7. The van der Waals surface area contributed by atoms with Gasteiger partial charge in [-0.15, -0.1) is 0 Å². The van der Waals surface area contributed by atoms with E-state index in [4.69, 9.17) is 0 Å². The molecule has 0 aromatic heterocycles. The number of hydrogen-bond donors (Lipinski definition) is 1. The van der Waals surface area contributed by atoms with E-state index < -0.39 is 22.0 Å². The van der Waals surface area contributed by atoms with Crippen LogP contribution >= 0.6 is 0 Å². The summed E-state index contributed by atoms with van der Waals surface area (Å²) in [5.41, 5.74) is 2.75. The average molecular weight is 416 g/mol. The molecule has 8 heteroatoms. The van der Waals surface area contributed by atoms with E-state index in [2.05, 4.69) is 5.32 Å². The summed E-state index contributed by atoms with van der Waals surface area (Å²) >= 11 is 0. The quantitative estimate of drug-likeness (QED) is 0.786. The second-order valence-electron chi connectivity index (χ2n) is 7.26. The lowest BCUT2D eigenvalue weighted by atomic mass is 10.2. The third kappa shape index (κ3) is 4.76. The second kappa shape index (κ2) is 8.24. The fourth-order valence-corrected chi connectivity index (χ4v) is 4.57. The number of nitrogens with one attached hydrogen (secondary N) is 1. The van der Waals surface area contributed by atoms with Gasteiger partial charge in [-0.05, 0) is 56.7 Å². The second-order valence-corrected chi connectivity index (χ2v) is 9.11. The number of carbonyl (C=O) groups excluding carboxylic acids is 2. The van der Waals surface area contributed by atoms with Crippen molar-refractivity contribution in [2.24, 2.45) is 0 Å². The van der Waals surface area contributed by atoms with Crippen LogP contribution in [-0.2, 0) is 19.6 Å². The van der Waals surface area contributed by atoms with E-state index in [0.717, 1.165) is 28.2 Å². The van der Waals surface area contributed by atoms with Gasteiger partial charge in [0.1, 0.15) is 6.04 Å². The zero-order chi connectivity index (χ0) is 21.2. The Morgan fingerprint density at radius 2 is 1.72 bits per heavy atom. The molecule has 1 atom stereocenters. The van der Waals surface area contributed by atoms with Crippen LogP contribution in [0.2, 0.25) is 0 Å². The average Bonchev–Trinajstić information content (AvgIpc) is 3.09. The Bertz CT molecular complexity index is 1000. The Hall–Kier alpha value is -2.87. The third-order valence-electron chi connectivity index (χ3n) is 4.90. The summed E-state index contributed by atoms with van der Waals surface area (Å²) in [5, 5.41) is 2.76. The Morgan fingerprint density at radius 1 is 1.10 bits per heavy atom. The smallest absolute Gasteiger partial charge is 0.247 e. The fourth-order valence-electron chi connectivity index (χ4n) is 3.39. The highest BCUT2D eigenvalue weighted by atomic mass is 32.2. The van der Waals surface area contributed by atoms with Crippen LogP contribution in [0.4, 0.5) is 17.1 Å². The lowest BCUT2D eigenvalue weighted by molar-refractivity contribution is -0.117. The predicted molar refractivity (Wildman–Crippen MR) is 115 cm³/mol. The maximum Gasteiger partial charge on any atom is 0.247 e. The van der Waals surface area contributed by atoms with Crippen LogP contribution in [0.5, 0.6) is 0 Å². The van der Waals surface area contributed by atoms with E-state index in [0.29, 0.717) is 24.3 Å². The minimum atomic E-state index is -3.66. The third-order valence-corrected chi connectivity index (χ3v) is 6.14. The van der Waals surface area contributed by atoms with E-state index in [1.807, 2.05) is 6.92 Å². The van der Waals surface area contributed by atoms with Gasteiger partial charge in [0.2, 0.25) is 21.8 Å². The summed E-state index contributed by atoms with van der Waals surface area (Å²) in [4.78, 5) is 26.3. The molecular formula is C21H25N3O4S. The molecule has 2 aromatic rings. The number of carbonyl (C=O) groups is 2. The molecule has 154 valence electrons. The minimum Gasteiger partial charge on any atom is -0.324 e. The number of benzene rings is 2. The first kappa shape index (κ1) is 20.9. The standard InChI is InChI=1S/C21H25N3O4S/c1-15-6-10-19(11-7-15)24(29(3,27)28)16(2)21(26)22-17-8-12-18(13-9-17)23-14-4-5-20(23)25/h6-13,16H,4-5,14H2,1-3H3,(H,22,26). The normalized spacial score (nSPS) is 15.3. The lowest BCUT2D eigenvalue weighted by Gasteiger charge is -2.28. The van der Waals surface area contributed by atoms with E-state index in [1.54, 1.807) is 60.4 Å². The molecule has 0 aliphatic carbocycles. The SMILES string of the molecule is Cc1ccc(N(C(C)C(=O)Nc2ccc(N3CCCC3=O)cc2)S(C)(=O)=O)cc1. The molecule has 1 heterocycles. The molecule has 2 amide bonds. The number of rotatable bonds is 6. The number of anilines is 3. The number of hydrogen-bond acceptors (Lipinski definition) is 4. The van der Waals surface area contributed by atoms with E-state index in [-0.39, 0.29) is 5.91 Å². The fraction of sp³-hybridized carbons (Fsp3) is 0.333. The van der Waals surface area contributed by atoms with Crippen LogP contribution in [-0.4, -0.2) is 39.1 Å². The van der Waals surface area contributed by atoms with Gasteiger partial charge in [-0.3, -0.25) is 13.9 Å². The Kier molecular flexibility index (Phi) is 5.93.